The zero-order chi connectivity index (χ0) is 14.0. The number of nitrogens with two attached hydrogens (primary N) is 1. The molecule has 114 valence electrons. The van der Waals surface area contributed by atoms with Crippen molar-refractivity contribution in [2.45, 2.75) is 30.7 Å². The van der Waals surface area contributed by atoms with E-state index in [-0.39, 0.29) is 34.0 Å². The average Bonchev–Trinajstić information content (AvgIpc) is 2.77. The number of hydrogen-bond acceptors (Lipinski definition) is 5. The number of nitrogens with one attached hydrogen (secondary N) is 1. The lowest BCUT2D eigenvalue weighted by molar-refractivity contribution is 0.0994. The van der Waals surface area contributed by atoms with Gasteiger partial charge in [-0.05, 0) is 18.9 Å². The molecule has 0 saturated carbocycles. The molecular formula is C11H19BrN4O3S. The maximum Gasteiger partial charge on any atom is 0.269 e. The van der Waals surface area contributed by atoms with Crippen molar-refractivity contribution in [3.8, 4) is 0 Å². The second kappa shape index (κ2) is 6.68. The van der Waals surface area contributed by atoms with Gasteiger partial charge < -0.3 is 11.1 Å². The Morgan fingerprint density at radius 2 is 2.25 bits per heavy atom. The molecule has 2 unspecified atom stereocenters. The molecule has 20 heavy (non-hydrogen) atoms. The molecule has 0 bridgehead atoms. The Labute approximate surface area is 128 Å². The van der Waals surface area contributed by atoms with E-state index < -0.39 is 15.7 Å². The van der Waals surface area contributed by atoms with Gasteiger partial charge in [0.05, 0.1) is 11.8 Å². The van der Waals surface area contributed by atoms with Gasteiger partial charge in [0.2, 0.25) is 0 Å². The molecule has 0 radical (unpaired) electrons. The summed E-state index contributed by atoms with van der Waals surface area (Å²) in [6.07, 6.45) is 4.39. The summed E-state index contributed by atoms with van der Waals surface area (Å²) < 4.78 is 24.5. The molecule has 2 atom stereocenters. The number of hydrogen-bond donors (Lipinski definition) is 2. The first-order chi connectivity index (χ1) is 8.86. The van der Waals surface area contributed by atoms with Crippen molar-refractivity contribution in [2.24, 2.45) is 5.73 Å². The second-order valence-corrected chi connectivity index (χ2v) is 7.25. The van der Waals surface area contributed by atoms with Crippen LogP contribution in [0.5, 0.6) is 0 Å². The van der Waals surface area contributed by atoms with E-state index in [0.29, 0.717) is 19.5 Å². The fourth-order valence-electron chi connectivity index (χ4n) is 2.23. The number of amides is 1. The summed E-state index contributed by atoms with van der Waals surface area (Å²) in [5.41, 5.74) is 5.37. The normalized spacial score (nSPS) is 23.1. The number of carbonyl (C=O) groups is 1. The lowest BCUT2D eigenvalue weighted by atomic mass is 10.0. The highest BCUT2D eigenvalue weighted by molar-refractivity contribution is 8.93. The van der Waals surface area contributed by atoms with E-state index in [1.165, 1.54) is 6.26 Å². The lowest BCUT2D eigenvalue weighted by Crippen LogP contribution is -2.46. The monoisotopic (exact) mass is 366 g/mol. The Morgan fingerprint density at radius 3 is 2.70 bits per heavy atom. The number of carbonyl (C=O) groups excluding carboxylic acids is 1. The van der Waals surface area contributed by atoms with Crippen LogP contribution in [0.15, 0.2) is 12.3 Å². The van der Waals surface area contributed by atoms with E-state index in [1.807, 2.05) is 0 Å². The third-order valence-electron chi connectivity index (χ3n) is 3.38. The Bertz CT molecular complexity index is 564. The molecule has 1 fully saturated rings. The molecule has 0 spiro atoms. The minimum atomic E-state index is -2.98. The van der Waals surface area contributed by atoms with E-state index in [2.05, 4.69) is 10.4 Å². The van der Waals surface area contributed by atoms with Gasteiger partial charge in [0.1, 0.15) is 5.69 Å². The van der Waals surface area contributed by atoms with Crippen molar-refractivity contribution in [2.75, 3.05) is 12.8 Å². The summed E-state index contributed by atoms with van der Waals surface area (Å²) in [6, 6.07) is 1.74. The van der Waals surface area contributed by atoms with Crippen molar-refractivity contribution in [3.63, 3.8) is 0 Å². The predicted molar refractivity (Wildman–Crippen MR) is 80.7 cm³/mol. The predicted octanol–water partition coefficient (Wildman–Crippen LogP) is -0.275. The number of nitrogens with zero attached hydrogens (tertiary/aromatic N) is 2. The Balaban J connectivity index is 0.00000200. The average molecular weight is 367 g/mol. The second-order valence-electron chi connectivity index (χ2n) is 4.92. The molecule has 3 N–H and O–H groups in total. The van der Waals surface area contributed by atoms with Crippen LogP contribution in [-0.2, 0) is 16.4 Å². The molecule has 0 aromatic carbocycles. The molecule has 1 aliphatic rings. The number of piperidine rings is 1. The zero-order valence-corrected chi connectivity index (χ0v) is 13.7. The van der Waals surface area contributed by atoms with Crippen LogP contribution in [0.2, 0.25) is 0 Å². The van der Waals surface area contributed by atoms with Gasteiger partial charge in [0, 0.05) is 25.0 Å². The van der Waals surface area contributed by atoms with Gasteiger partial charge in [-0.1, -0.05) is 0 Å². The fraction of sp³-hybridized carbons (Fsp3) is 0.636. The molecule has 1 aromatic rings. The van der Waals surface area contributed by atoms with Crippen LogP contribution < -0.4 is 11.1 Å². The van der Waals surface area contributed by atoms with Crippen molar-refractivity contribution in [1.82, 2.24) is 15.1 Å². The third-order valence-corrected chi connectivity index (χ3v) is 4.99. The molecule has 1 aromatic heterocycles. The van der Waals surface area contributed by atoms with Crippen molar-refractivity contribution < 1.29 is 13.2 Å². The van der Waals surface area contributed by atoms with Gasteiger partial charge in [-0.25, -0.2) is 8.42 Å². The van der Waals surface area contributed by atoms with E-state index in [0.717, 1.165) is 6.42 Å². The maximum absolute atomic E-state index is 11.4. The number of primary amides is 1. The Hall–Kier alpha value is -0.930. The molecule has 0 aliphatic carbocycles. The van der Waals surface area contributed by atoms with E-state index in [4.69, 9.17) is 5.73 Å². The standard InChI is InChI=1S/C11H18N4O3S.BrH/c1-19(17,18)9-3-2-8(13-6-9)7-15-5-4-10(14-15)11(12)16;/h4-5,8-9,13H,2-3,6-7H2,1H3,(H2,12,16);1H. The van der Waals surface area contributed by atoms with Gasteiger partial charge in [0.15, 0.2) is 9.84 Å². The zero-order valence-electron chi connectivity index (χ0n) is 11.2. The molecular weight excluding hydrogens is 348 g/mol. The van der Waals surface area contributed by atoms with Crippen molar-refractivity contribution in [3.05, 3.63) is 18.0 Å². The summed E-state index contributed by atoms with van der Waals surface area (Å²) in [4.78, 5) is 10.9. The highest BCUT2D eigenvalue weighted by atomic mass is 79.9. The number of aromatic nitrogens is 2. The minimum absolute atomic E-state index is 0. The molecule has 2 heterocycles. The van der Waals surface area contributed by atoms with Gasteiger partial charge in [0.25, 0.3) is 5.91 Å². The third kappa shape index (κ3) is 4.29. The van der Waals surface area contributed by atoms with Crippen LogP contribution in [0.3, 0.4) is 0 Å². The lowest BCUT2D eigenvalue weighted by Gasteiger charge is -2.28. The quantitative estimate of drug-likeness (QED) is 0.762. The first kappa shape index (κ1) is 17.1. The van der Waals surface area contributed by atoms with Crippen LogP contribution in [-0.4, -0.2) is 48.2 Å². The Kier molecular flexibility index (Phi) is 5.72. The van der Waals surface area contributed by atoms with Crippen LogP contribution in [0.25, 0.3) is 0 Å². The topological polar surface area (TPSA) is 107 Å². The largest absolute Gasteiger partial charge is 0.364 e. The van der Waals surface area contributed by atoms with Gasteiger partial charge in [-0.2, -0.15) is 5.10 Å². The molecule has 1 aliphatic heterocycles. The highest BCUT2D eigenvalue weighted by Gasteiger charge is 2.27. The van der Waals surface area contributed by atoms with Crippen LogP contribution >= 0.6 is 17.0 Å². The van der Waals surface area contributed by atoms with E-state index in [9.17, 15) is 13.2 Å². The summed E-state index contributed by atoms with van der Waals surface area (Å²) in [5.74, 6) is -0.549. The number of halogens is 1. The Morgan fingerprint density at radius 1 is 1.55 bits per heavy atom. The van der Waals surface area contributed by atoms with Gasteiger partial charge >= 0.3 is 0 Å². The van der Waals surface area contributed by atoms with Crippen molar-refractivity contribution in [1.29, 1.82) is 0 Å². The minimum Gasteiger partial charge on any atom is -0.364 e. The summed E-state index contributed by atoms with van der Waals surface area (Å²) in [5, 5.41) is 6.96. The van der Waals surface area contributed by atoms with Crippen LogP contribution in [0, 0.1) is 0 Å². The summed E-state index contributed by atoms with van der Waals surface area (Å²) >= 11 is 0. The first-order valence-corrected chi connectivity index (χ1v) is 8.07. The molecule has 1 saturated heterocycles. The first-order valence-electron chi connectivity index (χ1n) is 6.12. The van der Waals surface area contributed by atoms with Crippen LogP contribution in [0.4, 0.5) is 0 Å². The molecule has 9 heteroatoms. The van der Waals surface area contributed by atoms with Crippen molar-refractivity contribution >= 4 is 32.7 Å². The van der Waals surface area contributed by atoms with E-state index >= 15 is 0 Å². The number of sulfone groups is 1. The fourth-order valence-corrected chi connectivity index (χ4v) is 3.19. The molecule has 7 nitrogen and oxygen atoms in total. The smallest absolute Gasteiger partial charge is 0.269 e. The number of rotatable bonds is 4. The highest BCUT2D eigenvalue weighted by Crippen LogP contribution is 2.15. The molecule has 2 rings (SSSR count). The van der Waals surface area contributed by atoms with E-state index in [1.54, 1.807) is 16.9 Å². The van der Waals surface area contributed by atoms with Crippen LogP contribution in [0.1, 0.15) is 23.3 Å². The maximum atomic E-state index is 11.4. The summed E-state index contributed by atoms with van der Waals surface area (Å²) in [7, 11) is -2.98. The SMILES string of the molecule is Br.CS(=O)(=O)C1CCC(Cn2ccc(C(N)=O)n2)NC1. The van der Waals surface area contributed by atoms with Gasteiger partial charge in [-0.15, -0.1) is 17.0 Å². The molecule has 1 amide bonds. The van der Waals surface area contributed by atoms with Gasteiger partial charge in [-0.3, -0.25) is 9.48 Å². The summed E-state index contributed by atoms with van der Waals surface area (Å²) in [6.45, 7) is 1.07.